The van der Waals surface area contributed by atoms with Crippen LogP contribution in [0.15, 0.2) is 10.3 Å². The normalized spacial score (nSPS) is 39.2. The smallest absolute Gasteiger partial charge is 0.363 e. The molecular weight excluding hydrogens is 166 g/mol. The van der Waals surface area contributed by atoms with Crippen molar-refractivity contribution in [3.05, 3.63) is 0 Å². The predicted molar refractivity (Wildman–Crippen MR) is 35.8 cm³/mol. The highest BCUT2D eigenvalue weighted by Crippen LogP contribution is 2.10. The minimum absolute atomic E-state index is 0.132. The molecule has 0 amide bonds. The molecule has 3 unspecified atom stereocenters. The van der Waals surface area contributed by atoms with Gasteiger partial charge < -0.3 is 20.1 Å². The highest BCUT2D eigenvalue weighted by molar-refractivity contribution is 5.81. The second-order valence-corrected chi connectivity index (χ2v) is 2.37. The Morgan fingerprint density at radius 2 is 2.08 bits per heavy atom. The molecule has 7 heteroatoms. The van der Waals surface area contributed by atoms with E-state index in [4.69, 9.17) is 25.6 Å². The average molecular weight is 176 g/mol. The molecule has 0 spiro atoms. The topological polar surface area (TPSA) is 120 Å². The number of nitrogens with zero attached hydrogens (tertiary/aromatic N) is 2. The molecule has 1 fully saturated rings. The lowest BCUT2D eigenvalue weighted by Crippen LogP contribution is -2.50. The molecule has 0 aromatic carbocycles. The highest BCUT2D eigenvalue weighted by atomic mass is 16.5. The summed E-state index contributed by atoms with van der Waals surface area (Å²) in [7, 11) is 0. The number of rotatable bonds is 1. The first-order valence-electron chi connectivity index (χ1n) is 3.31. The zero-order valence-corrected chi connectivity index (χ0v) is 6.16. The first-order chi connectivity index (χ1) is 5.66. The first-order valence-corrected chi connectivity index (χ1v) is 3.31. The number of aliphatic hydroxyl groups excluding tert-OH is 3. The molecule has 1 heterocycles. The van der Waals surface area contributed by atoms with Crippen LogP contribution in [0.25, 0.3) is 0 Å². The fourth-order valence-corrected chi connectivity index (χ4v) is 0.856. The molecule has 1 aliphatic heterocycles. The third kappa shape index (κ3) is 1.58. The van der Waals surface area contributed by atoms with E-state index in [1.165, 1.54) is 0 Å². The Morgan fingerprint density at radius 3 is 2.67 bits per heavy atom. The van der Waals surface area contributed by atoms with Gasteiger partial charge in [0.15, 0.2) is 6.10 Å². The summed E-state index contributed by atoms with van der Waals surface area (Å²) in [5.41, 5.74) is 4.70. The van der Waals surface area contributed by atoms with Gasteiger partial charge in [-0.3, -0.25) is 0 Å². The van der Waals surface area contributed by atoms with Crippen LogP contribution in [0.2, 0.25) is 0 Å². The van der Waals surface area contributed by atoms with Gasteiger partial charge in [-0.15, -0.1) is 0 Å². The Hall–Kier alpha value is -1.05. The maximum absolute atomic E-state index is 9.16. The summed E-state index contributed by atoms with van der Waals surface area (Å²) in [6.45, 7) is -0.132. The van der Waals surface area contributed by atoms with Crippen molar-refractivity contribution in [1.82, 2.24) is 0 Å². The van der Waals surface area contributed by atoms with Crippen LogP contribution in [0.5, 0.6) is 0 Å². The molecule has 0 aliphatic carbocycles. The van der Waals surface area contributed by atoms with Crippen LogP contribution < -0.4 is 5.53 Å². The largest absolute Gasteiger partial charge is 0.456 e. The van der Waals surface area contributed by atoms with Crippen molar-refractivity contribution in [2.75, 3.05) is 6.61 Å². The Balaban J connectivity index is 2.71. The second kappa shape index (κ2) is 3.57. The van der Waals surface area contributed by atoms with Crippen molar-refractivity contribution in [3.8, 4) is 0 Å². The van der Waals surface area contributed by atoms with Gasteiger partial charge in [-0.05, 0) is 0 Å². The number of aliphatic hydroxyl groups is 3. The summed E-state index contributed by atoms with van der Waals surface area (Å²) in [6.07, 6.45) is -3.79. The summed E-state index contributed by atoms with van der Waals surface area (Å²) in [4.78, 5) is 0. The van der Waals surface area contributed by atoms with Gasteiger partial charge in [-0.25, -0.2) is 0 Å². The van der Waals surface area contributed by atoms with Crippen molar-refractivity contribution >= 4 is 5.90 Å². The third-order valence-corrected chi connectivity index (χ3v) is 1.53. The maximum atomic E-state index is 9.16. The molecule has 0 saturated carbocycles. The van der Waals surface area contributed by atoms with Crippen LogP contribution in [0, 0.1) is 0 Å². The standard InChI is InChI=1S/C5H9N3O4/c6-8-7-5-4(11)3(10)2(9)1-12-5/h2-4,6,9-11H,1H2/p+1. The molecule has 0 aromatic heterocycles. The number of hydrogen-bond donors (Lipinski definition) is 4. The second-order valence-electron chi connectivity index (χ2n) is 2.37. The molecule has 5 N–H and O–H groups in total. The Bertz CT molecular complexity index is 207. The van der Waals surface area contributed by atoms with Gasteiger partial charge in [0, 0.05) is 0 Å². The lowest BCUT2D eigenvalue weighted by atomic mass is 10.1. The fraction of sp³-hybridized carbons (Fsp3) is 0.800. The van der Waals surface area contributed by atoms with Crippen LogP contribution in [0.1, 0.15) is 0 Å². The lowest BCUT2D eigenvalue weighted by Gasteiger charge is -2.26. The van der Waals surface area contributed by atoms with Crippen LogP contribution in [0.3, 0.4) is 0 Å². The van der Waals surface area contributed by atoms with Gasteiger partial charge in [-0.1, -0.05) is 0 Å². The summed E-state index contributed by atoms with van der Waals surface area (Å²) < 4.78 is 4.73. The van der Waals surface area contributed by atoms with E-state index < -0.39 is 18.3 Å². The molecule has 12 heavy (non-hydrogen) atoms. The van der Waals surface area contributed by atoms with Crippen molar-refractivity contribution in [3.63, 3.8) is 0 Å². The molecule has 3 atom stereocenters. The Kier molecular flexibility index (Phi) is 2.69. The molecule has 7 nitrogen and oxygen atoms in total. The van der Waals surface area contributed by atoms with Gasteiger partial charge in [-0.2, -0.15) is 5.53 Å². The molecule has 1 aliphatic rings. The molecule has 68 valence electrons. The van der Waals surface area contributed by atoms with Crippen molar-refractivity contribution in [1.29, 1.82) is 0 Å². The van der Waals surface area contributed by atoms with E-state index in [0.29, 0.717) is 0 Å². The molecule has 0 radical (unpaired) electrons. The van der Waals surface area contributed by atoms with E-state index in [-0.39, 0.29) is 12.5 Å². The SMILES string of the molecule is [NH2+]=NN=C1OCC(O)C(O)C1O. The minimum Gasteiger partial charge on any atom is -0.456 e. The highest BCUT2D eigenvalue weighted by Gasteiger charge is 2.38. The molecule has 0 bridgehead atoms. The quantitative estimate of drug-likeness (QED) is 0.246. The predicted octanol–water partition coefficient (Wildman–Crippen LogP) is -3.38. The summed E-state index contributed by atoms with van der Waals surface area (Å²) in [5, 5.41) is 33.3. The van der Waals surface area contributed by atoms with E-state index in [0.717, 1.165) is 0 Å². The van der Waals surface area contributed by atoms with E-state index in [1.54, 1.807) is 0 Å². The van der Waals surface area contributed by atoms with Crippen molar-refractivity contribution in [2.45, 2.75) is 18.3 Å². The minimum atomic E-state index is -1.37. The van der Waals surface area contributed by atoms with Crippen LogP contribution in [-0.4, -0.2) is 46.1 Å². The fourth-order valence-electron chi connectivity index (χ4n) is 0.856. The van der Waals surface area contributed by atoms with E-state index in [9.17, 15) is 0 Å². The van der Waals surface area contributed by atoms with E-state index in [2.05, 4.69) is 10.3 Å². The number of ether oxygens (including phenoxy) is 1. The van der Waals surface area contributed by atoms with Gasteiger partial charge in [0.05, 0.1) is 0 Å². The van der Waals surface area contributed by atoms with Crippen molar-refractivity contribution in [2.24, 2.45) is 10.3 Å². The Morgan fingerprint density at radius 1 is 1.42 bits per heavy atom. The van der Waals surface area contributed by atoms with Gasteiger partial charge in [0.25, 0.3) is 0 Å². The van der Waals surface area contributed by atoms with Gasteiger partial charge in [0.2, 0.25) is 0 Å². The monoisotopic (exact) mass is 176 g/mol. The lowest BCUT2D eigenvalue weighted by molar-refractivity contribution is -0.222. The third-order valence-electron chi connectivity index (χ3n) is 1.53. The molecule has 0 aromatic rings. The first kappa shape index (κ1) is 9.04. The van der Waals surface area contributed by atoms with E-state index in [1.807, 2.05) is 0 Å². The van der Waals surface area contributed by atoms with Crippen LogP contribution in [-0.2, 0) is 4.74 Å². The van der Waals surface area contributed by atoms with Gasteiger partial charge >= 0.3 is 5.90 Å². The number of hydrogen-bond acceptors (Lipinski definition) is 5. The summed E-state index contributed by atoms with van der Waals surface area (Å²) in [5.74, 6) is -0.185. The van der Waals surface area contributed by atoms with E-state index >= 15 is 0 Å². The zero-order chi connectivity index (χ0) is 9.14. The molecule has 1 rings (SSSR count). The molecular formula is C5H10N3O4+. The van der Waals surface area contributed by atoms with Gasteiger partial charge in [0.1, 0.15) is 29.1 Å². The summed E-state index contributed by atoms with van der Waals surface area (Å²) in [6, 6.07) is 0. The zero-order valence-electron chi connectivity index (χ0n) is 6.16. The summed E-state index contributed by atoms with van der Waals surface area (Å²) >= 11 is 0. The van der Waals surface area contributed by atoms with Crippen LogP contribution in [0.4, 0.5) is 0 Å². The average Bonchev–Trinajstić information content (AvgIpc) is 2.07. The van der Waals surface area contributed by atoms with Crippen LogP contribution >= 0.6 is 0 Å². The number of nitrogens with two attached hydrogens (primary N) is 1. The maximum Gasteiger partial charge on any atom is 0.363 e. The molecule has 1 saturated heterocycles. The Labute approximate surface area is 67.8 Å². The van der Waals surface area contributed by atoms with Crippen molar-refractivity contribution < 1.29 is 25.6 Å².